The molecular formula is C12H15Cl2FN2O. The third-order valence-corrected chi connectivity index (χ3v) is 3.16. The molecule has 0 radical (unpaired) electrons. The van der Waals surface area contributed by atoms with E-state index in [1.807, 2.05) is 0 Å². The van der Waals surface area contributed by atoms with Crippen LogP contribution in [0.3, 0.4) is 0 Å². The van der Waals surface area contributed by atoms with Gasteiger partial charge in [0.25, 0.3) is 0 Å². The largest absolute Gasteiger partial charge is 0.326 e. The van der Waals surface area contributed by atoms with Crippen LogP contribution in [-0.4, -0.2) is 19.0 Å². The molecule has 0 aromatic heterocycles. The van der Waals surface area contributed by atoms with Crippen molar-refractivity contribution < 1.29 is 9.18 Å². The standard InChI is InChI=1S/C12H14ClFN2O.ClH/c13-10-4-3-9(6-11(10)14)16-12(17)8-2-1-5-15-7-8;/h3-4,6,8,15H,1-2,5,7H2,(H,16,17);1H/t8-;/m1./s1. The van der Waals surface area contributed by atoms with E-state index in [0.29, 0.717) is 12.2 Å². The molecule has 1 amide bonds. The monoisotopic (exact) mass is 292 g/mol. The number of piperidine rings is 1. The van der Waals surface area contributed by atoms with Crippen LogP contribution in [0.2, 0.25) is 5.02 Å². The van der Waals surface area contributed by atoms with E-state index in [-0.39, 0.29) is 29.3 Å². The van der Waals surface area contributed by atoms with Gasteiger partial charge in [-0.15, -0.1) is 12.4 Å². The zero-order chi connectivity index (χ0) is 12.3. The molecule has 2 N–H and O–H groups in total. The van der Waals surface area contributed by atoms with Crippen molar-refractivity contribution in [1.29, 1.82) is 0 Å². The maximum atomic E-state index is 13.2. The number of anilines is 1. The highest BCUT2D eigenvalue weighted by Crippen LogP contribution is 2.20. The lowest BCUT2D eigenvalue weighted by Crippen LogP contribution is -2.37. The van der Waals surface area contributed by atoms with Gasteiger partial charge in [0.05, 0.1) is 10.9 Å². The molecule has 100 valence electrons. The first-order valence-electron chi connectivity index (χ1n) is 5.63. The van der Waals surface area contributed by atoms with Gasteiger partial charge in [-0.1, -0.05) is 11.6 Å². The molecule has 1 saturated heterocycles. The number of hydrogen-bond donors (Lipinski definition) is 2. The molecule has 1 aliphatic heterocycles. The topological polar surface area (TPSA) is 41.1 Å². The highest BCUT2D eigenvalue weighted by molar-refractivity contribution is 6.30. The fraction of sp³-hybridized carbons (Fsp3) is 0.417. The van der Waals surface area contributed by atoms with Crippen molar-refractivity contribution in [3.63, 3.8) is 0 Å². The first-order chi connectivity index (χ1) is 8.16. The van der Waals surface area contributed by atoms with Crippen molar-refractivity contribution in [1.82, 2.24) is 5.32 Å². The van der Waals surface area contributed by atoms with E-state index >= 15 is 0 Å². The summed E-state index contributed by atoms with van der Waals surface area (Å²) >= 11 is 5.57. The number of carbonyl (C=O) groups excluding carboxylic acids is 1. The SMILES string of the molecule is Cl.O=C(Nc1ccc(Cl)c(F)c1)[C@@H]1CCCNC1. The molecule has 3 nitrogen and oxygen atoms in total. The van der Waals surface area contributed by atoms with Gasteiger partial charge in [-0.05, 0) is 37.6 Å². The molecule has 6 heteroatoms. The average Bonchev–Trinajstić information content (AvgIpc) is 2.35. The highest BCUT2D eigenvalue weighted by atomic mass is 35.5. The van der Waals surface area contributed by atoms with Gasteiger partial charge in [0.2, 0.25) is 5.91 Å². The summed E-state index contributed by atoms with van der Waals surface area (Å²) in [6, 6.07) is 4.27. The summed E-state index contributed by atoms with van der Waals surface area (Å²) in [6.45, 7) is 1.64. The van der Waals surface area contributed by atoms with E-state index in [2.05, 4.69) is 10.6 Å². The van der Waals surface area contributed by atoms with Crippen molar-refractivity contribution in [3.8, 4) is 0 Å². The molecule has 1 aromatic rings. The van der Waals surface area contributed by atoms with Crippen molar-refractivity contribution >= 4 is 35.6 Å². The van der Waals surface area contributed by atoms with Gasteiger partial charge >= 0.3 is 0 Å². The molecule has 18 heavy (non-hydrogen) atoms. The Hall–Kier alpha value is -0.840. The van der Waals surface area contributed by atoms with Gasteiger partial charge in [-0.3, -0.25) is 4.79 Å². The van der Waals surface area contributed by atoms with Crippen molar-refractivity contribution in [2.75, 3.05) is 18.4 Å². The Labute approximate surface area is 116 Å². The van der Waals surface area contributed by atoms with Gasteiger partial charge in [0, 0.05) is 12.2 Å². The summed E-state index contributed by atoms with van der Waals surface area (Å²) in [4.78, 5) is 11.9. The van der Waals surface area contributed by atoms with Crippen LogP contribution in [0.4, 0.5) is 10.1 Å². The molecule has 2 rings (SSSR count). The number of amides is 1. The van der Waals surface area contributed by atoms with Gasteiger partial charge in [-0.2, -0.15) is 0 Å². The van der Waals surface area contributed by atoms with Gasteiger partial charge < -0.3 is 10.6 Å². The van der Waals surface area contributed by atoms with E-state index in [4.69, 9.17) is 11.6 Å². The van der Waals surface area contributed by atoms with Crippen LogP contribution in [0.15, 0.2) is 18.2 Å². The lowest BCUT2D eigenvalue weighted by atomic mass is 9.99. The zero-order valence-corrected chi connectivity index (χ0v) is 11.3. The van der Waals surface area contributed by atoms with Gasteiger partial charge in [0.1, 0.15) is 5.82 Å². The Bertz CT molecular complexity index is 423. The Morgan fingerprint density at radius 3 is 2.89 bits per heavy atom. The summed E-state index contributed by atoms with van der Waals surface area (Å²) in [5.41, 5.74) is 0.447. The minimum atomic E-state index is -0.522. The third-order valence-electron chi connectivity index (χ3n) is 2.85. The van der Waals surface area contributed by atoms with E-state index in [0.717, 1.165) is 19.4 Å². The third kappa shape index (κ3) is 3.83. The van der Waals surface area contributed by atoms with Crippen molar-refractivity contribution in [2.24, 2.45) is 5.92 Å². The van der Waals surface area contributed by atoms with E-state index < -0.39 is 5.82 Å². The Morgan fingerprint density at radius 1 is 1.50 bits per heavy atom. The number of rotatable bonds is 2. The summed E-state index contributed by atoms with van der Waals surface area (Å²) in [7, 11) is 0. The predicted octanol–water partition coefficient (Wildman–Crippen LogP) is 2.84. The number of hydrogen-bond acceptors (Lipinski definition) is 2. The molecular weight excluding hydrogens is 278 g/mol. The molecule has 0 aliphatic carbocycles. The quantitative estimate of drug-likeness (QED) is 0.880. The smallest absolute Gasteiger partial charge is 0.228 e. The highest BCUT2D eigenvalue weighted by Gasteiger charge is 2.20. The Balaban J connectivity index is 0.00000162. The molecule has 1 aliphatic rings. The van der Waals surface area contributed by atoms with Crippen LogP contribution in [0.25, 0.3) is 0 Å². The summed E-state index contributed by atoms with van der Waals surface area (Å²) in [5, 5.41) is 5.93. The predicted molar refractivity (Wildman–Crippen MR) is 72.9 cm³/mol. The second kappa shape index (κ2) is 6.92. The molecule has 1 fully saturated rings. The average molecular weight is 293 g/mol. The summed E-state index contributed by atoms with van der Waals surface area (Å²) in [5.74, 6) is -0.632. The Kier molecular flexibility index (Phi) is 5.85. The molecule has 1 aromatic carbocycles. The second-order valence-corrected chi connectivity index (χ2v) is 4.57. The van der Waals surface area contributed by atoms with E-state index in [1.165, 1.54) is 12.1 Å². The number of benzene rings is 1. The summed E-state index contributed by atoms with van der Waals surface area (Å²) in [6.07, 6.45) is 1.86. The molecule has 0 bridgehead atoms. The lowest BCUT2D eigenvalue weighted by molar-refractivity contribution is -0.120. The van der Waals surface area contributed by atoms with Crippen LogP contribution in [0, 0.1) is 11.7 Å². The molecule has 0 spiro atoms. The van der Waals surface area contributed by atoms with Crippen LogP contribution in [0.1, 0.15) is 12.8 Å². The molecule has 1 heterocycles. The second-order valence-electron chi connectivity index (χ2n) is 4.16. The first kappa shape index (κ1) is 15.2. The van der Waals surface area contributed by atoms with Crippen LogP contribution >= 0.6 is 24.0 Å². The van der Waals surface area contributed by atoms with Crippen molar-refractivity contribution in [2.45, 2.75) is 12.8 Å². The van der Waals surface area contributed by atoms with Crippen LogP contribution in [0.5, 0.6) is 0 Å². The maximum Gasteiger partial charge on any atom is 0.228 e. The lowest BCUT2D eigenvalue weighted by Gasteiger charge is -2.21. The van der Waals surface area contributed by atoms with Crippen molar-refractivity contribution in [3.05, 3.63) is 29.0 Å². The molecule has 0 unspecified atom stereocenters. The van der Waals surface area contributed by atoms with Crippen LogP contribution < -0.4 is 10.6 Å². The fourth-order valence-corrected chi connectivity index (χ4v) is 2.01. The van der Waals surface area contributed by atoms with Gasteiger partial charge in [-0.25, -0.2) is 4.39 Å². The van der Waals surface area contributed by atoms with E-state index in [9.17, 15) is 9.18 Å². The first-order valence-corrected chi connectivity index (χ1v) is 6.01. The zero-order valence-electron chi connectivity index (χ0n) is 9.71. The number of nitrogens with one attached hydrogen (secondary N) is 2. The van der Waals surface area contributed by atoms with Gasteiger partial charge in [0.15, 0.2) is 0 Å². The minimum Gasteiger partial charge on any atom is -0.326 e. The summed E-state index contributed by atoms with van der Waals surface area (Å²) < 4.78 is 13.2. The molecule has 0 saturated carbocycles. The number of halogens is 3. The normalized spacial score (nSPS) is 18.9. The fourth-order valence-electron chi connectivity index (χ4n) is 1.89. The Morgan fingerprint density at radius 2 is 2.28 bits per heavy atom. The minimum absolute atomic E-state index is 0. The van der Waals surface area contributed by atoms with E-state index in [1.54, 1.807) is 6.07 Å². The molecule has 1 atom stereocenters. The van der Waals surface area contributed by atoms with Crippen LogP contribution in [-0.2, 0) is 4.79 Å². The number of carbonyl (C=O) groups is 1. The maximum absolute atomic E-state index is 13.2.